The number of piperazine rings is 1. The minimum absolute atomic E-state index is 0.00959. The fourth-order valence-corrected chi connectivity index (χ4v) is 2.11. The molecular weight excluding hydrogens is 252 g/mol. The Morgan fingerprint density at radius 2 is 2.00 bits per heavy atom. The smallest absolute Gasteiger partial charge is 0.228 e. The number of hydrogen-bond acceptors (Lipinski definition) is 4. The van der Waals surface area contributed by atoms with E-state index in [1.165, 1.54) is 0 Å². The summed E-state index contributed by atoms with van der Waals surface area (Å²) in [6, 6.07) is 3.90. The standard InChI is InChI=1S/C15H24N4O/c1-11(2)12(3)15(20)18-14-5-4-13(10-17-14)19-8-6-16-7-9-19/h4-5,10-12,16H,6-9H2,1-3H3,(H,17,18,20). The first-order valence-corrected chi connectivity index (χ1v) is 7.30. The van der Waals surface area contributed by atoms with Crippen LogP contribution in [-0.2, 0) is 4.79 Å². The molecule has 5 heteroatoms. The highest BCUT2D eigenvalue weighted by Crippen LogP contribution is 2.17. The van der Waals surface area contributed by atoms with Crippen molar-refractivity contribution in [1.29, 1.82) is 0 Å². The van der Waals surface area contributed by atoms with E-state index in [1.807, 2.05) is 39.1 Å². The lowest BCUT2D eigenvalue weighted by Crippen LogP contribution is -2.43. The quantitative estimate of drug-likeness (QED) is 0.879. The first-order valence-electron chi connectivity index (χ1n) is 7.30. The zero-order chi connectivity index (χ0) is 14.5. The number of amides is 1. The molecule has 2 rings (SSSR count). The van der Waals surface area contributed by atoms with E-state index < -0.39 is 0 Å². The second kappa shape index (κ2) is 6.70. The Hall–Kier alpha value is -1.62. The maximum atomic E-state index is 12.0. The number of anilines is 2. The summed E-state index contributed by atoms with van der Waals surface area (Å²) in [5.74, 6) is 0.976. The van der Waals surface area contributed by atoms with Crippen LogP contribution in [0.15, 0.2) is 18.3 Å². The molecule has 0 bridgehead atoms. The number of nitrogens with one attached hydrogen (secondary N) is 2. The van der Waals surface area contributed by atoms with Crippen molar-refractivity contribution in [3.63, 3.8) is 0 Å². The Morgan fingerprint density at radius 1 is 1.30 bits per heavy atom. The Kier molecular flexibility index (Phi) is 4.95. The van der Waals surface area contributed by atoms with Crippen LogP contribution in [0.25, 0.3) is 0 Å². The summed E-state index contributed by atoms with van der Waals surface area (Å²) in [5.41, 5.74) is 1.11. The number of rotatable bonds is 4. The van der Waals surface area contributed by atoms with E-state index in [-0.39, 0.29) is 11.8 Å². The van der Waals surface area contributed by atoms with Gasteiger partial charge in [0.25, 0.3) is 0 Å². The van der Waals surface area contributed by atoms with Crippen LogP contribution in [0.5, 0.6) is 0 Å². The Balaban J connectivity index is 1.96. The molecule has 1 aliphatic rings. The van der Waals surface area contributed by atoms with Gasteiger partial charge >= 0.3 is 0 Å². The molecule has 1 aromatic rings. The molecule has 1 fully saturated rings. The summed E-state index contributed by atoms with van der Waals surface area (Å²) in [4.78, 5) is 18.6. The van der Waals surface area contributed by atoms with Crippen LogP contribution in [0.2, 0.25) is 0 Å². The monoisotopic (exact) mass is 276 g/mol. The molecule has 1 aromatic heterocycles. The molecule has 0 saturated carbocycles. The maximum absolute atomic E-state index is 12.0. The average molecular weight is 276 g/mol. The fraction of sp³-hybridized carbons (Fsp3) is 0.600. The summed E-state index contributed by atoms with van der Waals surface area (Å²) < 4.78 is 0. The molecule has 110 valence electrons. The maximum Gasteiger partial charge on any atom is 0.228 e. The fourth-order valence-electron chi connectivity index (χ4n) is 2.11. The van der Waals surface area contributed by atoms with Crippen LogP contribution < -0.4 is 15.5 Å². The van der Waals surface area contributed by atoms with Crippen LogP contribution in [0.4, 0.5) is 11.5 Å². The molecule has 0 spiro atoms. The minimum Gasteiger partial charge on any atom is -0.368 e. The van der Waals surface area contributed by atoms with Gasteiger partial charge < -0.3 is 15.5 Å². The lowest BCUT2D eigenvalue weighted by atomic mass is 9.97. The SMILES string of the molecule is CC(C)C(C)C(=O)Nc1ccc(N2CCNCC2)cn1. The number of aromatic nitrogens is 1. The van der Waals surface area contributed by atoms with Crippen LogP contribution in [-0.4, -0.2) is 37.1 Å². The van der Waals surface area contributed by atoms with E-state index in [0.29, 0.717) is 11.7 Å². The summed E-state index contributed by atoms with van der Waals surface area (Å²) in [7, 11) is 0. The summed E-state index contributed by atoms with van der Waals surface area (Å²) in [5, 5.41) is 6.20. The zero-order valence-corrected chi connectivity index (χ0v) is 12.5. The molecule has 1 atom stereocenters. The van der Waals surface area contributed by atoms with Gasteiger partial charge in [0.1, 0.15) is 5.82 Å². The van der Waals surface area contributed by atoms with E-state index in [2.05, 4.69) is 20.5 Å². The van der Waals surface area contributed by atoms with E-state index in [1.54, 1.807) is 0 Å². The first kappa shape index (κ1) is 14.8. The molecule has 2 heterocycles. The summed E-state index contributed by atoms with van der Waals surface area (Å²) in [6.45, 7) is 10.0. The molecular formula is C15H24N4O. The van der Waals surface area contributed by atoms with Crippen LogP contribution in [0, 0.1) is 11.8 Å². The molecule has 2 N–H and O–H groups in total. The molecule has 20 heavy (non-hydrogen) atoms. The third-order valence-corrected chi connectivity index (χ3v) is 3.89. The number of hydrogen-bond donors (Lipinski definition) is 2. The van der Waals surface area contributed by atoms with Crippen LogP contribution in [0.1, 0.15) is 20.8 Å². The van der Waals surface area contributed by atoms with E-state index in [0.717, 1.165) is 31.9 Å². The topological polar surface area (TPSA) is 57.3 Å². The Bertz CT molecular complexity index is 438. The van der Waals surface area contributed by atoms with Crippen molar-refractivity contribution in [2.24, 2.45) is 11.8 Å². The van der Waals surface area contributed by atoms with Gasteiger partial charge in [-0.3, -0.25) is 4.79 Å². The number of pyridine rings is 1. The van der Waals surface area contributed by atoms with E-state index >= 15 is 0 Å². The first-order chi connectivity index (χ1) is 9.58. The molecule has 0 radical (unpaired) electrons. The third kappa shape index (κ3) is 3.70. The molecule has 5 nitrogen and oxygen atoms in total. The van der Waals surface area contributed by atoms with Crippen molar-refractivity contribution < 1.29 is 4.79 Å². The number of nitrogens with zero attached hydrogens (tertiary/aromatic N) is 2. The third-order valence-electron chi connectivity index (χ3n) is 3.89. The minimum atomic E-state index is -0.00959. The number of carbonyl (C=O) groups excluding carboxylic acids is 1. The van der Waals surface area contributed by atoms with Crippen LogP contribution >= 0.6 is 0 Å². The van der Waals surface area contributed by atoms with Crippen molar-refractivity contribution in [3.05, 3.63) is 18.3 Å². The van der Waals surface area contributed by atoms with Gasteiger partial charge in [0, 0.05) is 32.1 Å². The molecule has 1 amide bonds. The molecule has 0 aliphatic carbocycles. The average Bonchev–Trinajstić information content (AvgIpc) is 2.48. The van der Waals surface area contributed by atoms with Crippen molar-refractivity contribution in [3.8, 4) is 0 Å². The van der Waals surface area contributed by atoms with Crippen molar-refractivity contribution >= 4 is 17.4 Å². The second-order valence-electron chi connectivity index (χ2n) is 5.66. The lowest BCUT2D eigenvalue weighted by molar-refractivity contribution is -0.120. The van der Waals surface area contributed by atoms with Gasteiger partial charge in [0.05, 0.1) is 11.9 Å². The predicted octanol–water partition coefficient (Wildman–Crippen LogP) is 1.72. The Labute approximate surface area is 120 Å². The van der Waals surface area contributed by atoms with Crippen molar-refractivity contribution in [2.75, 3.05) is 36.4 Å². The lowest BCUT2D eigenvalue weighted by Gasteiger charge is -2.29. The number of carbonyl (C=O) groups is 1. The van der Waals surface area contributed by atoms with Gasteiger partial charge in [0.2, 0.25) is 5.91 Å². The zero-order valence-electron chi connectivity index (χ0n) is 12.5. The Morgan fingerprint density at radius 3 is 2.55 bits per heavy atom. The van der Waals surface area contributed by atoms with Crippen LogP contribution in [0.3, 0.4) is 0 Å². The predicted molar refractivity (Wildman–Crippen MR) is 82.0 cm³/mol. The van der Waals surface area contributed by atoms with Gasteiger partial charge in [-0.25, -0.2) is 4.98 Å². The highest BCUT2D eigenvalue weighted by Gasteiger charge is 2.17. The van der Waals surface area contributed by atoms with Gasteiger partial charge in [-0.05, 0) is 18.1 Å². The van der Waals surface area contributed by atoms with Gasteiger partial charge in [-0.15, -0.1) is 0 Å². The molecule has 1 unspecified atom stereocenters. The van der Waals surface area contributed by atoms with E-state index in [4.69, 9.17) is 0 Å². The summed E-state index contributed by atoms with van der Waals surface area (Å²) in [6.07, 6.45) is 1.83. The highest BCUT2D eigenvalue weighted by molar-refractivity contribution is 5.91. The molecule has 1 aliphatic heterocycles. The molecule has 1 saturated heterocycles. The summed E-state index contributed by atoms with van der Waals surface area (Å²) >= 11 is 0. The normalized spacial score (nSPS) is 17.1. The van der Waals surface area contributed by atoms with Gasteiger partial charge in [-0.2, -0.15) is 0 Å². The van der Waals surface area contributed by atoms with Gasteiger partial charge in [-0.1, -0.05) is 20.8 Å². The highest BCUT2D eigenvalue weighted by atomic mass is 16.1. The second-order valence-corrected chi connectivity index (χ2v) is 5.66. The van der Waals surface area contributed by atoms with Crippen molar-refractivity contribution in [2.45, 2.75) is 20.8 Å². The largest absolute Gasteiger partial charge is 0.368 e. The van der Waals surface area contributed by atoms with Crippen molar-refractivity contribution in [1.82, 2.24) is 10.3 Å². The van der Waals surface area contributed by atoms with E-state index in [9.17, 15) is 4.79 Å². The molecule has 0 aromatic carbocycles. The van der Waals surface area contributed by atoms with Gasteiger partial charge in [0.15, 0.2) is 0 Å².